The second kappa shape index (κ2) is 6.52. The minimum atomic E-state index is -0.997. The summed E-state index contributed by atoms with van der Waals surface area (Å²) >= 11 is 0. The number of benzene rings is 1. The van der Waals surface area contributed by atoms with Gasteiger partial charge in [0, 0.05) is 0 Å². The molecule has 1 saturated heterocycles. The second-order valence-electron chi connectivity index (χ2n) is 5.63. The quantitative estimate of drug-likeness (QED) is 0.662. The molecule has 21 heavy (non-hydrogen) atoms. The molecule has 1 aliphatic rings. The normalized spacial score (nSPS) is 19.5. The number of carbonyl (C=O) groups is 3. The van der Waals surface area contributed by atoms with E-state index in [9.17, 15) is 14.4 Å². The second-order valence-corrected chi connectivity index (χ2v) is 5.63. The van der Waals surface area contributed by atoms with Crippen molar-refractivity contribution in [3.05, 3.63) is 35.9 Å². The van der Waals surface area contributed by atoms with E-state index in [1.165, 1.54) is 0 Å². The molecule has 1 aliphatic heterocycles. The molecule has 2 atom stereocenters. The van der Waals surface area contributed by atoms with Crippen LogP contribution >= 0.6 is 0 Å². The third kappa shape index (κ3) is 3.90. The molecule has 0 spiro atoms. The SMILES string of the molecule is CC(C)CC(C(=O)OC1CC(=O)NC1=O)c1ccccc1. The summed E-state index contributed by atoms with van der Waals surface area (Å²) in [6.45, 7) is 4.05. The largest absolute Gasteiger partial charge is 0.451 e. The van der Waals surface area contributed by atoms with Gasteiger partial charge in [0.15, 0.2) is 6.10 Å². The number of hydrogen-bond donors (Lipinski definition) is 1. The lowest BCUT2D eigenvalue weighted by molar-refractivity contribution is -0.155. The molecule has 2 rings (SSSR count). The highest BCUT2D eigenvalue weighted by Gasteiger charge is 2.35. The highest BCUT2D eigenvalue weighted by Crippen LogP contribution is 2.26. The van der Waals surface area contributed by atoms with Gasteiger partial charge in [-0.2, -0.15) is 0 Å². The Labute approximate surface area is 123 Å². The summed E-state index contributed by atoms with van der Waals surface area (Å²) in [6.07, 6.45) is -0.456. The van der Waals surface area contributed by atoms with Gasteiger partial charge in [0.2, 0.25) is 5.91 Å². The number of carbonyl (C=O) groups excluding carboxylic acids is 3. The van der Waals surface area contributed by atoms with Crippen LogP contribution in [0.15, 0.2) is 30.3 Å². The van der Waals surface area contributed by atoms with Gasteiger partial charge in [0.05, 0.1) is 12.3 Å². The van der Waals surface area contributed by atoms with Crippen molar-refractivity contribution in [2.24, 2.45) is 5.92 Å². The van der Waals surface area contributed by atoms with Gasteiger partial charge >= 0.3 is 5.97 Å². The van der Waals surface area contributed by atoms with E-state index >= 15 is 0 Å². The van der Waals surface area contributed by atoms with E-state index in [0.29, 0.717) is 12.3 Å². The number of rotatable bonds is 5. The van der Waals surface area contributed by atoms with Crippen LogP contribution in [0.5, 0.6) is 0 Å². The average Bonchev–Trinajstić information content (AvgIpc) is 2.75. The van der Waals surface area contributed by atoms with E-state index in [2.05, 4.69) is 5.32 Å². The molecule has 1 fully saturated rings. The summed E-state index contributed by atoms with van der Waals surface area (Å²) in [4.78, 5) is 35.0. The van der Waals surface area contributed by atoms with Crippen LogP contribution < -0.4 is 5.32 Å². The van der Waals surface area contributed by atoms with E-state index in [0.717, 1.165) is 5.56 Å². The molecule has 0 aromatic heterocycles. The van der Waals surface area contributed by atoms with Crippen LogP contribution in [-0.2, 0) is 19.1 Å². The van der Waals surface area contributed by atoms with Gasteiger partial charge in [-0.05, 0) is 17.9 Å². The summed E-state index contributed by atoms with van der Waals surface area (Å²) in [5.74, 6) is -1.51. The van der Waals surface area contributed by atoms with Crippen LogP contribution in [0.4, 0.5) is 0 Å². The maximum atomic E-state index is 12.4. The number of esters is 1. The molecule has 1 aromatic rings. The van der Waals surface area contributed by atoms with E-state index in [-0.39, 0.29) is 6.42 Å². The van der Waals surface area contributed by atoms with Gasteiger partial charge in [0.1, 0.15) is 0 Å². The van der Waals surface area contributed by atoms with Gasteiger partial charge < -0.3 is 4.74 Å². The average molecular weight is 289 g/mol. The lowest BCUT2D eigenvalue weighted by Crippen LogP contribution is -2.30. The number of amides is 2. The van der Waals surface area contributed by atoms with Crippen LogP contribution in [0.3, 0.4) is 0 Å². The first-order valence-electron chi connectivity index (χ1n) is 7.06. The summed E-state index contributed by atoms with van der Waals surface area (Å²) in [5.41, 5.74) is 0.862. The van der Waals surface area contributed by atoms with Crippen molar-refractivity contribution in [3.8, 4) is 0 Å². The Kier molecular flexibility index (Phi) is 4.73. The topological polar surface area (TPSA) is 72.5 Å². The summed E-state index contributed by atoms with van der Waals surface area (Å²) in [7, 11) is 0. The maximum absolute atomic E-state index is 12.4. The van der Waals surface area contributed by atoms with Crippen molar-refractivity contribution in [1.29, 1.82) is 0 Å². The van der Waals surface area contributed by atoms with Crippen molar-refractivity contribution < 1.29 is 19.1 Å². The molecule has 5 nitrogen and oxygen atoms in total. The Morgan fingerprint density at radius 1 is 1.29 bits per heavy atom. The Hall–Kier alpha value is -2.17. The van der Waals surface area contributed by atoms with Crippen molar-refractivity contribution in [1.82, 2.24) is 5.32 Å². The van der Waals surface area contributed by atoms with Crippen LogP contribution in [0.2, 0.25) is 0 Å². The zero-order chi connectivity index (χ0) is 15.4. The number of ether oxygens (including phenoxy) is 1. The Morgan fingerprint density at radius 3 is 2.48 bits per heavy atom. The minimum Gasteiger partial charge on any atom is -0.451 e. The maximum Gasteiger partial charge on any atom is 0.314 e. The van der Waals surface area contributed by atoms with Crippen LogP contribution in [-0.4, -0.2) is 23.9 Å². The molecule has 5 heteroatoms. The molecular weight excluding hydrogens is 270 g/mol. The lowest BCUT2D eigenvalue weighted by Gasteiger charge is -2.19. The van der Waals surface area contributed by atoms with Gasteiger partial charge in [-0.3, -0.25) is 19.7 Å². The standard InChI is InChI=1S/C16H19NO4/c1-10(2)8-12(11-6-4-3-5-7-11)16(20)21-13-9-14(18)17-15(13)19/h3-7,10,12-13H,8-9H2,1-2H3,(H,17,18,19). The van der Waals surface area contributed by atoms with Crippen LogP contribution in [0.25, 0.3) is 0 Å². The predicted octanol–water partition coefficient (Wildman–Crippen LogP) is 1.77. The van der Waals surface area contributed by atoms with E-state index < -0.39 is 29.8 Å². The molecule has 1 N–H and O–H groups in total. The molecule has 0 bridgehead atoms. The molecule has 2 amide bonds. The zero-order valence-corrected chi connectivity index (χ0v) is 12.2. The molecule has 2 unspecified atom stereocenters. The van der Waals surface area contributed by atoms with Crippen molar-refractivity contribution in [2.45, 2.75) is 38.7 Å². The van der Waals surface area contributed by atoms with E-state index in [1.807, 2.05) is 44.2 Å². The molecule has 0 aliphatic carbocycles. The number of nitrogens with one attached hydrogen (secondary N) is 1. The van der Waals surface area contributed by atoms with Crippen molar-refractivity contribution in [2.75, 3.05) is 0 Å². The molecule has 112 valence electrons. The highest BCUT2D eigenvalue weighted by molar-refractivity contribution is 6.05. The summed E-state index contributed by atoms with van der Waals surface area (Å²) in [6, 6.07) is 9.34. The van der Waals surface area contributed by atoms with E-state index in [1.54, 1.807) is 0 Å². The summed E-state index contributed by atoms with van der Waals surface area (Å²) in [5, 5.41) is 2.14. The third-order valence-corrected chi connectivity index (χ3v) is 3.38. The first-order valence-corrected chi connectivity index (χ1v) is 7.06. The molecule has 0 saturated carbocycles. The Balaban J connectivity index is 2.11. The summed E-state index contributed by atoms with van der Waals surface area (Å²) < 4.78 is 5.24. The van der Waals surface area contributed by atoms with Gasteiger partial charge in [-0.15, -0.1) is 0 Å². The van der Waals surface area contributed by atoms with Crippen molar-refractivity contribution >= 4 is 17.8 Å². The molecule has 1 heterocycles. The highest BCUT2D eigenvalue weighted by atomic mass is 16.5. The molecular formula is C16H19NO4. The molecule has 1 aromatic carbocycles. The fraction of sp³-hybridized carbons (Fsp3) is 0.438. The smallest absolute Gasteiger partial charge is 0.314 e. The number of hydrogen-bond acceptors (Lipinski definition) is 4. The van der Waals surface area contributed by atoms with Gasteiger partial charge in [-0.25, -0.2) is 0 Å². The monoisotopic (exact) mass is 289 g/mol. The van der Waals surface area contributed by atoms with Gasteiger partial charge in [0.25, 0.3) is 5.91 Å². The Morgan fingerprint density at radius 2 is 1.95 bits per heavy atom. The lowest BCUT2D eigenvalue weighted by atomic mass is 9.90. The minimum absolute atomic E-state index is 0.0895. The van der Waals surface area contributed by atoms with Gasteiger partial charge in [-0.1, -0.05) is 44.2 Å². The van der Waals surface area contributed by atoms with E-state index in [4.69, 9.17) is 4.74 Å². The first kappa shape index (κ1) is 15.2. The molecule has 0 radical (unpaired) electrons. The fourth-order valence-corrected chi connectivity index (χ4v) is 2.37. The Bertz CT molecular complexity index is 538. The number of imide groups is 1. The van der Waals surface area contributed by atoms with Crippen LogP contribution in [0.1, 0.15) is 38.2 Å². The zero-order valence-electron chi connectivity index (χ0n) is 12.2. The third-order valence-electron chi connectivity index (χ3n) is 3.38. The predicted molar refractivity (Wildman–Crippen MR) is 76.3 cm³/mol. The first-order chi connectivity index (χ1) is 9.97. The van der Waals surface area contributed by atoms with Crippen molar-refractivity contribution in [3.63, 3.8) is 0 Å². The fourth-order valence-electron chi connectivity index (χ4n) is 2.37. The van der Waals surface area contributed by atoms with Crippen LogP contribution in [0, 0.1) is 5.92 Å².